The largest absolute Gasteiger partial charge is 0.381 e. The van der Waals surface area contributed by atoms with Crippen LogP contribution in [0.3, 0.4) is 0 Å². The average Bonchev–Trinajstić information content (AvgIpc) is 2.49. The molecule has 0 heterocycles. The van der Waals surface area contributed by atoms with Gasteiger partial charge in [-0.25, -0.2) is 4.39 Å². The lowest BCUT2D eigenvalue weighted by atomic mass is 10.1. The van der Waals surface area contributed by atoms with Crippen LogP contribution in [-0.2, 0) is 6.54 Å². The van der Waals surface area contributed by atoms with Gasteiger partial charge in [-0.1, -0.05) is 11.6 Å². The fraction of sp³-hybridized carbons (Fsp3) is 0.188. The molecule has 21 heavy (non-hydrogen) atoms. The molecule has 0 aliphatic heterocycles. The van der Waals surface area contributed by atoms with Crippen molar-refractivity contribution in [1.82, 2.24) is 5.32 Å². The van der Waals surface area contributed by atoms with Crippen LogP contribution in [-0.4, -0.2) is 12.5 Å². The molecule has 0 atom stereocenters. The van der Waals surface area contributed by atoms with Crippen molar-refractivity contribution in [3.8, 4) is 0 Å². The molecular weight excluding hydrogens is 291 g/mol. The van der Waals surface area contributed by atoms with Crippen LogP contribution in [0.1, 0.15) is 22.8 Å². The van der Waals surface area contributed by atoms with Gasteiger partial charge in [-0.2, -0.15) is 0 Å². The summed E-state index contributed by atoms with van der Waals surface area (Å²) in [4.78, 5) is 11.6. The molecule has 0 aliphatic rings. The highest BCUT2D eigenvalue weighted by atomic mass is 35.5. The Labute approximate surface area is 128 Å². The fourth-order valence-electron chi connectivity index (χ4n) is 1.88. The van der Waals surface area contributed by atoms with Crippen LogP contribution >= 0.6 is 11.6 Å². The molecule has 0 spiro atoms. The number of hydrogen-bond acceptors (Lipinski definition) is 2. The maximum Gasteiger partial charge on any atom is 0.251 e. The van der Waals surface area contributed by atoms with E-state index in [0.717, 1.165) is 5.69 Å². The second kappa shape index (κ2) is 7.09. The molecule has 2 aromatic rings. The lowest BCUT2D eigenvalue weighted by molar-refractivity contribution is 0.0956. The van der Waals surface area contributed by atoms with Gasteiger partial charge in [0.25, 0.3) is 5.91 Å². The van der Waals surface area contributed by atoms with Crippen molar-refractivity contribution < 1.29 is 9.18 Å². The van der Waals surface area contributed by atoms with E-state index in [1.807, 2.05) is 6.92 Å². The van der Waals surface area contributed by atoms with Crippen LogP contribution in [0.5, 0.6) is 0 Å². The Bertz CT molecular complexity index is 629. The first-order valence-electron chi connectivity index (χ1n) is 6.66. The lowest BCUT2D eigenvalue weighted by Gasteiger charge is -2.09. The van der Waals surface area contributed by atoms with E-state index < -0.39 is 0 Å². The first kappa shape index (κ1) is 15.3. The van der Waals surface area contributed by atoms with Crippen molar-refractivity contribution in [2.75, 3.05) is 11.9 Å². The van der Waals surface area contributed by atoms with Gasteiger partial charge in [0.2, 0.25) is 0 Å². The number of halogens is 2. The standard InChI is InChI=1S/C16H16ClFN2O/c1-2-19-16(21)11-3-6-14(7-4-11)20-10-12-9-13(17)5-8-15(12)18/h3-9,20H,2,10H2,1H3,(H,19,21). The minimum atomic E-state index is -0.300. The molecular formula is C16H16ClFN2O. The highest BCUT2D eigenvalue weighted by Crippen LogP contribution is 2.17. The zero-order valence-electron chi connectivity index (χ0n) is 11.6. The average molecular weight is 307 g/mol. The van der Waals surface area contributed by atoms with Crippen molar-refractivity contribution in [2.24, 2.45) is 0 Å². The molecule has 0 fully saturated rings. The lowest BCUT2D eigenvalue weighted by Crippen LogP contribution is -2.22. The van der Waals surface area contributed by atoms with Gasteiger partial charge in [-0.05, 0) is 49.4 Å². The van der Waals surface area contributed by atoms with Crippen LogP contribution in [0, 0.1) is 5.82 Å². The second-order valence-electron chi connectivity index (χ2n) is 4.53. The maximum atomic E-state index is 13.6. The summed E-state index contributed by atoms with van der Waals surface area (Å²) in [6.07, 6.45) is 0. The summed E-state index contributed by atoms with van der Waals surface area (Å²) in [6.45, 7) is 2.78. The third kappa shape index (κ3) is 4.20. The van der Waals surface area contributed by atoms with Crippen molar-refractivity contribution in [1.29, 1.82) is 0 Å². The highest BCUT2D eigenvalue weighted by Gasteiger charge is 2.05. The second-order valence-corrected chi connectivity index (χ2v) is 4.96. The van der Waals surface area contributed by atoms with E-state index in [9.17, 15) is 9.18 Å². The fourth-order valence-corrected chi connectivity index (χ4v) is 2.07. The number of rotatable bonds is 5. The van der Waals surface area contributed by atoms with Crippen molar-refractivity contribution in [3.63, 3.8) is 0 Å². The van der Waals surface area contributed by atoms with Crippen LogP contribution in [0.15, 0.2) is 42.5 Å². The van der Waals surface area contributed by atoms with Gasteiger partial charge in [0, 0.05) is 34.9 Å². The van der Waals surface area contributed by atoms with Gasteiger partial charge in [-0.15, -0.1) is 0 Å². The summed E-state index contributed by atoms with van der Waals surface area (Å²) in [5, 5.41) is 6.33. The van der Waals surface area contributed by atoms with Crippen LogP contribution in [0.4, 0.5) is 10.1 Å². The summed E-state index contributed by atoms with van der Waals surface area (Å²) in [7, 11) is 0. The molecule has 0 saturated heterocycles. The Morgan fingerprint density at radius 2 is 1.90 bits per heavy atom. The molecule has 0 saturated carbocycles. The summed E-state index contributed by atoms with van der Waals surface area (Å²) >= 11 is 5.85. The summed E-state index contributed by atoms with van der Waals surface area (Å²) in [5.74, 6) is -0.407. The third-order valence-electron chi connectivity index (χ3n) is 2.98. The monoisotopic (exact) mass is 306 g/mol. The van der Waals surface area contributed by atoms with Gasteiger partial charge in [0.05, 0.1) is 0 Å². The summed E-state index contributed by atoms with van der Waals surface area (Å²) in [6, 6.07) is 11.5. The number of carbonyl (C=O) groups is 1. The number of nitrogens with one attached hydrogen (secondary N) is 2. The smallest absolute Gasteiger partial charge is 0.251 e. The molecule has 0 aromatic heterocycles. The van der Waals surface area contributed by atoms with Gasteiger partial charge < -0.3 is 10.6 Å². The van der Waals surface area contributed by atoms with E-state index in [-0.39, 0.29) is 11.7 Å². The molecule has 2 N–H and O–H groups in total. The molecule has 5 heteroatoms. The Morgan fingerprint density at radius 1 is 1.19 bits per heavy atom. The van der Waals surface area contributed by atoms with E-state index >= 15 is 0 Å². The molecule has 3 nitrogen and oxygen atoms in total. The normalized spacial score (nSPS) is 10.2. The van der Waals surface area contributed by atoms with Crippen molar-refractivity contribution in [3.05, 3.63) is 64.4 Å². The Morgan fingerprint density at radius 3 is 2.57 bits per heavy atom. The summed E-state index contributed by atoms with van der Waals surface area (Å²) in [5.41, 5.74) is 1.90. The van der Waals surface area contributed by atoms with Crippen molar-refractivity contribution >= 4 is 23.2 Å². The molecule has 1 amide bonds. The van der Waals surface area contributed by atoms with Gasteiger partial charge >= 0.3 is 0 Å². The highest BCUT2D eigenvalue weighted by molar-refractivity contribution is 6.30. The predicted molar refractivity (Wildman–Crippen MR) is 83.2 cm³/mol. The zero-order valence-corrected chi connectivity index (χ0v) is 12.4. The Kier molecular flexibility index (Phi) is 5.17. The molecule has 0 unspecified atom stereocenters. The quantitative estimate of drug-likeness (QED) is 0.881. The maximum absolute atomic E-state index is 13.6. The first-order valence-corrected chi connectivity index (χ1v) is 7.04. The molecule has 110 valence electrons. The van der Waals surface area contributed by atoms with E-state index in [0.29, 0.717) is 29.2 Å². The van der Waals surface area contributed by atoms with E-state index in [4.69, 9.17) is 11.6 Å². The van der Waals surface area contributed by atoms with Crippen LogP contribution in [0.2, 0.25) is 5.02 Å². The van der Waals surface area contributed by atoms with E-state index in [1.165, 1.54) is 12.1 Å². The van der Waals surface area contributed by atoms with E-state index in [1.54, 1.807) is 30.3 Å². The van der Waals surface area contributed by atoms with Gasteiger partial charge in [0.1, 0.15) is 5.82 Å². The minimum Gasteiger partial charge on any atom is -0.381 e. The van der Waals surface area contributed by atoms with Crippen LogP contribution in [0.25, 0.3) is 0 Å². The number of anilines is 1. The number of carbonyl (C=O) groups excluding carboxylic acids is 1. The Balaban J connectivity index is 2.00. The van der Waals surface area contributed by atoms with Crippen LogP contribution < -0.4 is 10.6 Å². The van der Waals surface area contributed by atoms with Gasteiger partial charge in [-0.3, -0.25) is 4.79 Å². The molecule has 2 aromatic carbocycles. The SMILES string of the molecule is CCNC(=O)c1ccc(NCc2cc(Cl)ccc2F)cc1. The summed E-state index contributed by atoms with van der Waals surface area (Å²) < 4.78 is 13.6. The molecule has 0 bridgehead atoms. The molecule has 0 radical (unpaired) electrons. The van der Waals surface area contributed by atoms with E-state index in [2.05, 4.69) is 10.6 Å². The topological polar surface area (TPSA) is 41.1 Å². The van der Waals surface area contributed by atoms with Crippen molar-refractivity contribution in [2.45, 2.75) is 13.5 Å². The van der Waals surface area contributed by atoms with Gasteiger partial charge in [0.15, 0.2) is 0 Å². The molecule has 0 aliphatic carbocycles. The third-order valence-corrected chi connectivity index (χ3v) is 3.21. The predicted octanol–water partition coefficient (Wildman–Crippen LogP) is 3.84. The molecule has 2 rings (SSSR count). The minimum absolute atomic E-state index is 0.107. The Hall–Kier alpha value is -2.07. The first-order chi connectivity index (χ1) is 10.1. The number of benzene rings is 2. The number of amides is 1. The zero-order chi connectivity index (χ0) is 15.2. The number of hydrogen-bond donors (Lipinski definition) is 2.